The number of nitrogens with zero attached hydrogens (tertiary/aromatic N) is 1. The number of amides is 1. The minimum atomic E-state index is -3.75. The van der Waals surface area contributed by atoms with E-state index in [0.29, 0.717) is 28.1 Å². The molecule has 2 aromatic carbocycles. The van der Waals surface area contributed by atoms with E-state index >= 15 is 0 Å². The van der Waals surface area contributed by atoms with E-state index in [-0.39, 0.29) is 23.3 Å². The summed E-state index contributed by atoms with van der Waals surface area (Å²) in [6.45, 7) is 4.13. The van der Waals surface area contributed by atoms with Crippen LogP contribution in [0, 0.1) is 0 Å². The molecule has 0 spiro atoms. The third kappa shape index (κ3) is 4.66. The molecule has 0 aliphatic carbocycles. The number of sulfonamides is 1. The SMILES string of the molecule is CC(C)c1cc2c(cc1S(=O)(=O)NCCc1ccccn1)Sc1ccccc1C(=O)N2. The van der Waals surface area contributed by atoms with Crippen LogP contribution in [0.1, 0.15) is 41.4 Å². The van der Waals surface area contributed by atoms with Crippen molar-refractivity contribution in [2.24, 2.45) is 0 Å². The van der Waals surface area contributed by atoms with Crippen LogP contribution in [0.25, 0.3) is 0 Å². The van der Waals surface area contributed by atoms with E-state index in [9.17, 15) is 13.2 Å². The van der Waals surface area contributed by atoms with E-state index in [1.165, 1.54) is 11.8 Å². The number of carbonyl (C=O) groups is 1. The first-order chi connectivity index (χ1) is 14.8. The van der Waals surface area contributed by atoms with Crippen molar-refractivity contribution in [3.63, 3.8) is 0 Å². The van der Waals surface area contributed by atoms with Crippen LogP contribution in [-0.4, -0.2) is 25.9 Å². The Labute approximate surface area is 186 Å². The number of nitrogens with one attached hydrogen (secondary N) is 2. The molecule has 160 valence electrons. The topological polar surface area (TPSA) is 88.2 Å². The smallest absolute Gasteiger partial charge is 0.256 e. The lowest BCUT2D eigenvalue weighted by Gasteiger charge is -2.18. The first-order valence-corrected chi connectivity index (χ1v) is 12.3. The van der Waals surface area contributed by atoms with Gasteiger partial charge in [0.2, 0.25) is 10.0 Å². The molecule has 2 N–H and O–H groups in total. The molecule has 0 atom stereocenters. The second-order valence-electron chi connectivity index (χ2n) is 7.56. The monoisotopic (exact) mass is 453 g/mol. The third-order valence-corrected chi connectivity index (χ3v) is 7.67. The van der Waals surface area contributed by atoms with Crippen LogP contribution in [0.5, 0.6) is 0 Å². The predicted octanol–water partition coefficient (Wildman–Crippen LogP) is 4.44. The average molecular weight is 454 g/mol. The summed E-state index contributed by atoms with van der Waals surface area (Å²) in [5, 5.41) is 2.93. The van der Waals surface area contributed by atoms with Crippen molar-refractivity contribution in [1.29, 1.82) is 0 Å². The van der Waals surface area contributed by atoms with Crippen LogP contribution >= 0.6 is 11.8 Å². The minimum Gasteiger partial charge on any atom is -0.321 e. The number of pyridine rings is 1. The van der Waals surface area contributed by atoms with Gasteiger partial charge >= 0.3 is 0 Å². The molecule has 0 saturated heterocycles. The number of anilines is 1. The first kappa shape index (κ1) is 21.5. The second kappa shape index (κ2) is 8.82. The van der Waals surface area contributed by atoms with E-state index in [1.54, 1.807) is 24.4 Å². The highest BCUT2D eigenvalue weighted by Crippen LogP contribution is 2.42. The highest BCUT2D eigenvalue weighted by atomic mass is 32.2. The molecule has 1 aliphatic heterocycles. The molecule has 4 rings (SSSR count). The van der Waals surface area contributed by atoms with Gasteiger partial charge in [-0.3, -0.25) is 9.78 Å². The Morgan fingerprint density at radius 1 is 1.06 bits per heavy atom. The average Bonchev–Trinajstić information content (AvgIpc) is 2.89. The Balaban J connectivity index is 1.68. The minimum absolute atomic E-state index is 0.0415. The quantitative estimate of drug-likeness (QED) is 0.576. The number of aromatic nitrogens is 1. The summed E-state index contributed by atoms with van der Waals surface area (Å²) in [7, 11) is -3.75. The molecule has 6 nitrogen and oxygen atoms in total. The van der Waals surface area contributed by atoms with Crippen molar-refractivity contribution in [2.45, 2.75) is 40.9 Å². The molecule has 8 heteroatoms. The van der Waals surface area contributed by atoms with Gasteiger partial charge in [0.05, 0.1) is 16.1 Å². The molecule has 0 fully saturated rings. The molecule has 0 bridgehead atoms. The van der Waals surface area contributed by atoms with Crippen LogP contribution in [0.4, 0.5) is 5.69 Å². The van der Waals surface area contributed by atoms with Gasteiger partial charge in [0.25, 0.3) is 5.91 Å². The van der Waals surface area contributed by atoms with Crippen LogP contribution in [0.3, 0.4) is 0 Å². The van der Waals surface area contributed by atoms with Gasteiger partial charge in [-0.15, -0.1) is 0 Å². The van der Waals surface area contributed by atoms with Gasteiger partial charge in [-0.1, -0.05) is 43.8 Å². The van der Waals surface area contributed by atoms with E-state index < -0.39 is 10.0 Å². The Kier molecular flexibility index (Phi) is 6.13. The number of hydrogen-bond acceptors (Lipinski definition) is 5. The zero-order chi connectivity index (χ0) is 22.0. The number of hydrogen-bond donors (Lipinski definition) is 2. The second-order valence-corrected chi connectivity index (χ2v) is 10.4. The van der Waals surface area contributed by atoms with Crippen molar-refractivity contribution in [3.05, 3.63) is 77.6 Å². The fourth-order valence-electron chi connectivity index (χ4n) is 3.43. The van der Waals surface area contributed by atoms with E-state index in [1.807, 2.05) is 50.2 Å². The van der Waals surface area contributed by atoms with E-state index in [2.05, 4.69) is 15.0 Å². The third-order valence-electron chi connectivity index (χ3n) is 5.02. The van der Waals surface area contributed by atoms with Gasteiger partial charge in [0.1, 0.15) is 0 Å². The maximum Gasteiger partial charge on any atom is 0.256 e. The maximum absolute atomic E-state index is 13.2. The standard InChI is InChI=1S/C23H23N3O3S2/c1-15(2)18-13-19-21(30-20-9-4-3-8-17(20)23(27)26-19)14-22(18)31(28,29)25-12-10-16-7-5-6-11-24-16/h3-9,11,13-15,25H,10,12H2,1-2H3,(H,26,27). The molecule has 0 radical (unpaired) electrons. The van der Waals surface area contributed by atoms with Gasteiger partial charge in [-0.2, -0.15) is 0 Å². The normalized spacial score (nSPS) is 13.3. The van der Waals surface area contributed by atoms with Crippen molar-refractivity contribution >= 4 is 33.4 Å². The summed E-state index contributed by atoms with van der Waals surface area (Å²) in [5.41, 5.74) is 2.69. The number of fused-ring (bicyclic) bond motifs is 2. The van der Waals surface area contributed by atoms with Gasteiger partial charge in [-0.05, 0) is 47.9 Å². The summed E-state index contributed by atoms with van der Waals surface area (Å²) < 4.78 is 29.1. The number of rotatable bonds is 6. The van der Waals surface area contributed by atoms with Gasteiger partial charge < -0.3 is 5.32 Å². The number of benzene rings is 2. The molecule has 1 aliphatic rings. The van der Waals surface area contributed by atoms with Gasteiger partial charge in [-0.25, -0.2) is 13.1 Å². The zero-order valence-corrected chi connectivity index (χ0v) is 18.9. The molecule has 1 aromatic heterocycles. The van der Waals surface area contributed by atoms with Crippen LogP contribution in [-0.2, 0) is 16.4 Å². The van der Waals surface area contributed by atoms with Gasteiger partial charge in [0.15, 0.2) is 0 Å². The predicted molar refractivity (Wildman–Crippen MR) is 122 cm³/mol. The van der Waals surface area contributed by atoms with Crippen LogP contribution in [0.15, 0.2) is 75.5 Å². The van der Waals surface area contributed by atoms with Crippen molar-refractivity contribution in [2.75, 3.05) is 11.9 Å². The fraction of sp³-hybridized carbons (Fsp3) is 0.217. The van der Waals surface area contributed by atoms with Crippen molar-refractivity contribution in [1.82, 2.24) is 9.71 Å². The lowest BCUT2D eigenvalue weighted by molar-refractivity contribution is 0.102. The van der Waals surface area contributed by atoms with Crippen LogP contribution < -0.4 is 10.0 Å². The molecular weight excluding hydrogens is 430 g/mol. The lowest BCUT2D eigenvalue weighted by Crippen LogP contribution is -2.27. The van der Waals surface area contributed by atoms with E-state index in [4.69, 9.17) is 0 Å². The summed E-state index contributed by atoms with van der Waals surface area (Å²) in [4.78, 5) is 18.6. The molecule has 0 saturated carbocycles. The summed E-state index contributed by atoms with van der Waals surface area (Å²) in [6, 6.07) is 16.3. The zero-order valence-electron chi connectivity index (χ0n) is 17.3. The molecule has 31 heavy (non-hydrogen) atoms. The van der Waals surface area contributed by atoms with E-state index in [0.717, 1.165) is 10.6 Å². The number of carbonyl (C=O) groups excluding carboxylic acids is 1. The Morgan fingerprint density at radius 3 is 2.58 bits per heavy atom. The van der Waals surface area contributed by atoms with Crippen molar-refractivity contribution < 1.29 is 13.2 Å². The largest absolute Gasteiger partial charge is 0.321 e. The molecule has 3 aromatic rings. The highest BCUT2D eigenvalue weighted by Gasteiger charge is 2.26. The maximum atomic E-state index is 13.2. The first-order valence-electron chi connectivity index (χ1n) is 10.0. The van der Waals surface area contributed by atoms with Gasteiger partial charge in [0, 0.05) is 34.6 Å². The molecule has 0 unspecified atom stereocenters. The van der Waals surface area contributed by atoms with Crippen molar-refractivity contribution in [3.8, 4) is 0 Å². The fourth-order valence-corrected chi connectivity index (χ4v) is 5.96. The summed E-state index contributed by atoms with van der Waals surface area (Å²) >= 11 is 1.39. The van der Waals surface area contributed by atoms with Crippen LogP contribution in [0.2, 0.25) is 0 Å². The lowest BCUT2D eigenvalue weighted by atomic mass is 10.0. The highest BCUT2D eigenvalue weighted by molar-refractivity contribution is 7.99. The Hall–Kier alpha value is -2.68. The Morgan fingerprint density at radius 2 is 1.84 bits per heavy atom. The Bertz CT molecular complexity index is 1230. The molecular formula is C23H23N3O3S2. The molecule has 1 amide bonds. The molecule has 2 heterocycles. The summed E-state index contributed by atoms with van der Waals surface area (Å²) in [6.07, 6.45) is 2.19. The summed E-state index contributed by atoms with van der Waals surface area (Å²) in [5.74, 6) is -0.235.